The van der Waals surface area contributed by atoms with E-state index in [1.54, 1.807) is 0 Å². The van der Waals surface area contributed by atoms with Crippen LogP contribution in [0.1, 0.15) is 35.2 Å². The maximum absolute atomic E-state index is 12.6. The van der Waals surface area contributed by atoms with Gasteiger partial charge in [-0.3, -0.25) is 9.69 Å². The van der Waals surface area contributed by atoms with Crippen LogP contribution >= 0.6 is 11.6 Å². The van der Waals surface area contributed by atoms with Crippen molar-refractivity contribution in [3.8, 4) is 0 Å². The maximum Gasteiger partial charge on any atom is 0.253 e. The third kappa shape index (κ3) is 2.84. The van der Waals surface area contributed by atoms with E-state index in [1.807, 2.05) is 29.2 Å². The van der Waals surface area contributed by atoms with E-state index in [0.29, 0.717) is 11.9 Å². The molecule has 1 amide bonds. The Hall–Kier alpha value is -1.06. The van der Waals surface area contributed by atoms with Crippen LogP contribution < -0.4 is 0 Å². The largest absolute Gasteiger partial charge is 0.337 e. The standard InChI is InChI=1S/C16H21ClN2O/c17-11-13-4-6-14(7-5-13)16(20)19-10-2-9-18-8-1-3-15(18)12-19/h4-7,15H,1-3,8-12H2. The topological polar surface area (TPSA) is 23.6 Å². The zero-order chi connectivity index (χ0) is 13.9. The van der Waals surface area contributed by atoms with Crippen LogP contribution in [0.15, 0.2) is 24.3 Å². The molecule has 0 spiro atoms. The highest BCUT2D eigenvalue weighted by molar-refractivity contribution is 6.17. The first-order valence-electron chi connectivity index (χ1n) is 7.46. The number of fused-ring (bicyclic) bond motifs is 1. The fourth-order valence-electron chi connectivity index (χ4n) is 3.31. The molecule has 3 rings (SSSR count). The molecule has 0 saturated carbocycles. The molecule has 2 saturated heterocycles. The summed E-state index contributed by atoms with van der Waals surface area (Å²) in [6, 6.07) is 8.26. The Morgan fingerprint density at radius 2 is 1.90 bits per heavy atom. The second-order valence-corrected chi connectivity index (χ2v) is 6.03. The second kappa shape index (κ2) is 6.15. The van der Waals surface area contributed by atoms with Crippen LogP contribution in [0.4, 0.5) is 0 Å². The Morgan fingerprint density at radius 3 is 2.65 bits per heavy atom. The third-order valence-electron chi connectivity index (χ3n) is 4.45. The smallest absolute Gasteiger partial charge is 0.253 e. The predicted octanol–water partition coefficient (Wildman–Crippen LogP) is 2.74. The van der Waals surface area contributed by atoms with Crippen LogP contribution in [0.2, 0.25) is 0 Å². The Balaban J connectivity index is 1.71. The Bertz CT molecular complexity index is 474. The van der Waals surface area contributed by atoms with Crippen molar-refractivity contribution < 1.29 is 4.79 Å². The van der Waals surface area contributed by atoms with Crippen molar-refractivity contribution >= 4 is 17.5 Å². The van der Waals surface area contributed by atoms with E-state index in [1.165, 1.54) is 19.4 Å². The summed E-state index contributed by atoms with van der Waals surface area (Å²) in [6.45, 7) is 4.11. The highest BCUT2D eigenvalue weighted by Gasteiger charge is 2.30. The maximum atomic E-state index is 12.6. The lowest BCUT2D eigenvalue weighted by Crippen LogP contribution is -2.39. The number of alkyl halides is 1. The second-order valence-electron chi connectivity index (χ2n) is 5.77. The fourth-order valence-corrected chi connectivity index (χ4v) is 3.49. The predicted molar refractivity (Wildman–Crippen MR) is 81.1 cm³/mol. The van der Waals surface area contributed by atoms with Crippen molar-refractivity contribution in [1.82, 2.24) is 9.80 Å². The quantitative estimate of drug-likeness (QED) is 0.783. The molecule has 2 heterocycles. The van der Waals surface area contributed by atoms with Crippen LogP contribution in [0.5, 0.6) is 0 Å². The van der Waals surface area contributed by atoms with Gasteiger partial charge >= 0.3 is 0 Å². The summed E-state index contributed by atoms with van der Waals surface area (Å²) in [4.78, 5) is 17.2. The van der Waals surface area contributed by atoms with Gasteiger partial charge in [0.2, 0.25) is 0 Å². The van der Waals surface area contributed by atoms with Gasteiger partial charge in [0.1, 0.15) is 0 Å². The molecule has 1 atom stereocenters. The molecule has 1 aromatic carbocycles. The van der Waals surface area contributed by atoms with E-state index in [-0.39, 0.29) is 5.91 Å². The average Bonchev–Trinajstić information content (AvgIpc) is 2.83. The van der Waals surface area contributed by atoms with Gasteiger partial charge in [-0.1, -0.05) is 12.1 Å². The van der Waals surface area contributed by atoms with Gasteiger partial charge in [0.25, 0.3) is 5.91 Å². The molecule has 20 heavy (non-hydrogen) atoms. The summed E-state index contributed by atoms with van der Waals surface area (Å²) in [5.74, 6) is 0.662. The summed E-state index contributed by atoms with van der Waals surface area (Å²) in [6.07, 6.45) is 3.59. The number of rotatable bonds is 2. The van der Waals surface area contributed by atoms with Gasteiger partial charge in [0, 0.05) is 37.1 Å². The number of carbonyl (C=O) groups excluding carboxylic acids is 1. The lowest BCUT2D eigenvalue weighted by molar-refractivity contribution is 0.0743. The molecule has 3 nitrogen and oxygen atoms in total. The third-order valence-corrected chi connectivity index (χ3v) is 4.75. The van der Waals surface area contributed by atoms with E-state index in [9.17, 15) is 4.79 Å². The minimum absolute atomic E-state index is 0.167. The number of hydrogen-bond acceptors (Lipinski definition) is 2. The molecule has 4 heteroatoms. The molecule has 0 N–H and O–H groups in total. The van der Waals surface area contributed by atoms with Crippen LogP contribution in [0, 0.1) is 0 Å². The molecule has 2 aliphatic heterocycles. The minimum atomic E-state index is 0.167. The molecular formula is C16H21ClN2O. The molecule has 108 valence electrons. The molecule has 0 aliphatic carbocycles. The number of amides is 1. The van der Waals surface area contributed by atoms with Crippen molar-refractivity contribution in [3.05, 3.63) is 35.4 Å². The van der Waals surface area contributed by atoms with E-state index in [4.69, 9.17) is 11.6 Å². The highest BCUT2D eigenvalue weighted by atomic mass is 35.5. The van der Waals surface area contributed by atoms with Gasteiger partial charge in [-0.25, -0.2) is 0 Å². The van der Waals surface area contributed by atoms with Crippen LogP contribution in [0.3, 0.4) is 0 Å². The monoisotopic (exact) mass is 292 g/mol. The summed E-state index contributed by atoms with van der Waals surface area (Å²) in [5.41, 5.74) is 1.84. The van der Waals surface area contributed by atoms with Crippen LogP contribution in [-0.4, -0.2) is 47.9 Å². The number of halogens is 1. The van der Waals surface area contributed by atoms with Crippen molar-refractivity contribution in [1.29, 1.82) is 0 Å². The Labute approximate surface area is 125 Å². The van der Waals surface area contributed by atoms with Gasteiger partial charge in [0.15, 0.2) is 0 Å². The molecule has 0 bridgehead atoms. The van der Waals surface area contributed by atoms with Gasteiger partial charge in [-0.15, -0.1) is 11.6 Å². The first-order chi connectivity index (χ1) is 9.78. The Kier molecular flexibility index (Phi) is 4.27. The molecular weight excluding hydrogens is 272 g/mol. The summed E-state index contributed by atoms with van der Waals surface area (Å²) >= 11 is 5.79. The van der Waals surface area contributed by atoms with E-state index < -0.39 is 0 Å². The number of hydrogen-bond donors (Lipinski definition) is 0. The van der Waals surface area contributed by atoms with Crippen molar-refractivity contribution in [2.24, 2.45) is 0 Å². The fraction of sp³-hybridized carbons (Fsp3) is 0.562. The lowest BCUT2D eigenvalue weighted by atomic mass is 10.1. The summed E-state index contributed by atoms with van der Waals surface area (Å²) in [5, 5.41) is 0. The van der Waals surface area contributed by atoms with E-state index >= 15 is 0 Å². The normalized spacial score (nSPS) is 23.4. The molecule has 0 aromatic heterocycles. The highest BCUT2D eigenvalue weighted by Crippen LogP contribution is 2.22. The number of carbonyl (C=O) groups is 1. The van der Waals surface area contributed by atoms with Gasteiger partial charge in [-0.05, 0) is 43.5 Å². The zero-order valence-electron chi connectivity index (χ0n) is 11.7. The van der Waals surface area contributed by atoms with Gasteiger partial charge < -0.3 is 4.90 Å². The van der Waals surface area contributed by atoms with E-state index in [2.05, 4.69) is 4.90 Å². The number of nitrogens with zero attached hydrogens (tertiary/aromatic N) is 2. The van der Waals surface area contributed by atoms with Gasteiger partial charge in [-0.2, -0.15) is 0 Å². The van der Waals surface area contributed by atoms with E-state index in [0.717, 1.165) is 37.2 Å². The van der Waals surface area contributed by atoms with Crippen LogP contribution in [0.25, 0.3) is 0 Å². The molecule has 2 aliphatic rings. The SMILES string of the molecule is O=C(c1ccc(CCl)cc1)N1CCCN2CCCC2C1. The first kappa shape index (κ1) is 13.9. The lowest BCUT2D eigenvalue weighted by Gasteiger charge is -2.25. The molecule has 1 unspecified atom stereocenters. The average molecular weight is 293 g/mol. The Morgan fingerprint density at radius 1 is 1.15 bits per heavy atom. The zero-order valence-corrected chi connectivity index (χ0v) is 12.5. The molecule has 1 aromatic rings. The minimum Gasteiger partial charge on any atom is -0.337 e. The summed E-state index contributed by atoms with van der Waals surface area (Å²) < 4.78 is 0. The van der Waals surface area contributed by atoms with Crippen molar-refractivity contribution in [3.63, 3.8) is 0 Å². The van der Waals surface area contributed by atoms with Crippen LogP contribution in [-0.2, 0) is 5.88 Å². The van der Waals surface area contributed by atoms with Crippen molar-refractivity contribution in [2.75, 3.05) is 26.2 Å². The van der Waals surface area contributed by atoms with Crippen molar-refractivity contribution in [2.45, 2.75) is 31.2 Å². The van der Waals surface area contributed by atoms with Gasteiger partial charge in [0.05, 0.1) is 0 Å². The first-order valence-corrected chi connectivity index (χ1v) is 7.99. The molecule has 0 radical (unpaired) electrons. The molecule has 2 fully saturated rings. The summed E-state index contributed by atoms with van der Waals surface area (Å²) in [7, 11) is 0. The number of benzene rings is 1.